The number of alkyl halides is 3. The molecule has 0 unspecified atom stereocenters. The summed E-state index contributed by atoms with van der Waals surface area (Å²) < 4.78 is 37.2. The van der Waals surface area contributed by atoms with Crippen molar-refractivity contribution in [3.63, 3.8) is 0 Å². The minimum atomic E-state index is -4.47. The third-order valence-corrected chi connectivity index (χ3v) is 2.25. The summed E-state index contributed by atoms with van der Waals surface area (Å²) in [5.41, 5.74) is -1.15. The Morgan fingerprint density at radius 1 is 1.33 bits per heavy atom. The molecule has 1 amide bonds. The van der Waals surface area contributed by atoms with Gasteiger partial charge in [-0.3, -0.25) is 9.78 Å². The summed E-state index contributed by atoms with van der Waals surface area (Å²) >= 11 is 0. The lowest BCUT2D eigenvalue weighted by Gasteiger charge is -2.17. The summed E-state index contributed by atoms with van der Waals surface area (Å²) in [7, 11) is 0. The molecule has 1 heterocycles. The minimum absolute atomic E-state index is 0.0572. The molecule has 3 nitrogen and oxygen atoms in total. The fourth-order valence-electron chi connectivity index (χ4n) is 1.19. The molecule has 100 valence electrons. The van der Waals surface area contributed by atoms with Crippen molar-refractivity contribution in [1.82, 2.24) is 10.3 Å². The Bertz CT molecular complexity index is 436. The van der Waals surface area contributed by atoms with Crippen molar-refractivity contribution in [2.45, 2.75) is 33.5 Å². The van der Waals surface area contributed by atoms with Crippen LogP contribution >= 0.6 is 0 Å². The SMILES string of the molecule is CC(C)(C)C(=O)NCc1ccnc(C(F)(F)F)c1. The van der Waals surface area contributed by atoms with E-state index in [1.54, 1.807) is 20.8 Å². The van der Waals surface area contributed by atoms with Gasteiger partial charge in [0.05, 0.1) is 0 Å². The second-order valence-electron chi connectivity index (χ2n) is 4.98. The van der Waals surface area contributed by atoms with E-state index >= 15 is 0 Å². The zero-order chi connectivity index (χ0) is 14.0. The molecule has 0 spiro atoms. The first kappa shape index (κ1) is 14.5. The van der Waals surface area contributed by atoms with Crippen LogP contribution in [0.5, 0.6) is 0 Å². The summed E-state index contributed by atoms with van der Waals surface area (Å²) in [4.78, 5) is 14.8. The van der Waals surface area contributed by atoms with Crippen LogP contribution in [0, 0.1) is 5.41 Å². The minimum Gasteiger partial charge on any atom is -0.352 e. The van der Waals surface area contributed by atoms with Gasteiger partial charge in [-0.1, -0.05) is 20.8 Å². The zero-order valence-corrected chi connectivity index (χ0v) is 10.4. The molecule has 0 fully saturated rings. The number of carbonyl (C=O) groups excluding carboxylic acids is 1. The Morgan fingerprint density at radius 3 is 2.44 bits per heavy atom. The summed E-state index contributed by atoms with van der Waals surface area (Å²) in [6.07, 6.45) is -3.38. The maximum atomic E-state index is 12.4. The number of carbonyl (C=O) groups is 1. The molecule has 1 aromatic rings. The van der Waals surface area contributed by atoms with Crippen LogP contribution in [0.25, 0.3) is 0 Å². The van der Waals surface area contributed by atoms with Gasteiger partial charge in [-0.2, -0.15) is 13.2 Å². The predicted octanol–water partition coefficient (Wildman–Crippen LogP) is 2.76. The quantitative estimate of drug-likeness (QED) is 0.888. The van der Waals surface area contributed by atoms with Crippen LogP contribution < -0.4 is 5.32 Å². The van der Waals surface area contributed by atoms with Gasteiger partial charge in [-0.05, 0) is 17.7 Å². The largest absolute Gasteiger partial charge is 0.433 e. The number of hydrogen-bond acceptors (Lipinski definition) is 2. The van der Waals surface area contributed by atoms with Crippen molar-refractivity contribution in [3.05, 3.63) is 29.6 Å². The second kappa shape index (κ2) is 4.96. The molecule has 0 saturated carbocycles. The molecular formula is C12H15F3N2O. The number of nitrogens with one attached hydrogen (secondary N) is 1. The van der Waals surface area contributed by atoms with Crippen molar-refractivity contribution < 1.29 is 18.0 Å². The standard InChI is InChI=1S/C12H15F3N2O/c1-11(2,3)10(18)17-7-8-4-5-16-9(6-8)12(13,14)15/h4-6H,7H2,1-3H3,(H,17,18). The molecule has 1 aromatic heterocycles. The van der Waals surface area contributed by atoms with Gasteiger partial charge in [0.15, 0.2) is 0 Å². The Labute approximate surface area is 103 Å². The number of amides is 1. The Kier molecular flexibility index (Phi) is 3.98. The van der Waals surface area contributed by atoms with Gasteiger partial charge >= 0.3 is 6.18 Å². The fraction of sp³-hybridized carbons (Fsp3) is 0.500. The van der Waals surface area contributed by atoms with Crippen molar-refractivity contribution in [2.75, 3.05) is 0 Å². The van der Waals surface area contributed by atoms with E-state index in [0.29, 0.717) is 5.56 Å². The number of hydrogen-bond donors (Lipinski definition) is 1. The average Bonchev–Trinajstić information content (AvgIpc) is 2.23. The molecule has 0 bridgehead atoms. The van der Waals surface area contributed by atoms with E-state index in [4.69, 9.17) is 0 Å². The zero-order valence-electron chi connectivity index (χ0n) is 10.4. The third-order valence-electron chi connectivity index (χ3n) is 2.25. The molecule has 1 N–H and O–H groups in total. The number of pyridine rings is 1. The molecule has 0 atom stereocenters. The lowest BCUT2D eigenvalue weighted by molar-refractivity contribution is -0.141. The van der Waals surface area contributed by atoms with Crippen molar-refractivity contribution in [3.8, 4) is 0 Å². The highest BCUT2D eigenvalue weighted by molar-refractivity contribution is 5.81. The van der Waals surface area contributed by atoms with Gasteiger partial charge in [-0.25, -0.2) is 0 Å². The van der Waals surface area contributed by atoms with Gasteiger partial charge in [0.1, 0.15) is 5.69 Å². The number of nitrogens with zero attached hydrogens (tertiary/aromatic N) is 1. The Morgan fingerprint density at radius 2 is 1.94 bits per heavy atom. The van der Waals surface area contributed by atoms with Crippen LogP contribution in [-0.2, 0) is 17.5 Å². The molecule has 6 heteroatoms. The van der Waals surface area contributed by atoms with Crippen molar-refractivity contribution in [2.24, 2.45) is 5.41 Å². The van der Waals surface area contributed by atoms with Crippen LogP contribution in [0.15, 0.2) is 18.3 Å². The lowest BCUT2D eigenvalue weighted by atomic mass is 9.95. The average molecular weight is 260 g/mol. The number of aromatic nitrogens is 1. The topological polar surface area (TPSA) is 42.0 Å². The predicted molar refractivity (Wildman–Crippen MR) is 60.5 cm³/mol. The molecular weight excluding hydrogens is 245 g/mol. The van der Waals surface area contributed by atoms with Gasteiger partial charge in [0.2, 0.25) is 5.91 Å². The van der Waals surface area contributed by atoms with E-state index in [1.165, 1.54) is 6.07 Å². The van der Waals surface area contributed by atoms with Crippen LogP contribution in [-0.4, -0.2) is 10.9 Å². The summed E-state index contributed by atoms with van der Waals surface area (Å²) in [5, 5.41) is 2.58. The highest BCUT2D eigenvalue weighted by Gasteiger charge is 2.32. The third kappa shape index (κ3) is 4.01. The summed E-state index contributed by atoms with van der Waals surface area (Å²) in [6, 6.07) is 2.38. The van der Waals surface area contributed by atoms with Gasteiger partial charge in [0.25, 0.3) is 0 Å². The molecule has 0 aliphatic heterocycles. The smallest absolute Gasteiger partial charge is 0.352 e. The van der Waals surface area contributed by atoms with E-state index in [-0.39, 0.29) is 12.5 Å². The first-order valence-electron chi connectivity index (χ1n) is 5.41. The van der Waals surface area contributed by atoms with Crippen LogP contribution in [0.4, 0.5) is 13.2 Å². The van der Waals surface area contributed by atoms with E-state index in [2.05, 4.69) is 10.3 Å². The maximum Gasteiger partial charge on any atom is 0.433 e. The fourth-order valence-corrected chi connectivity index (χ4v) is 1.19. The maximum absolute atomic E-state index is 12.4. The van der Waals surface area contributed by atoms with E-state index < -0.39 is 17.3 Å². The highest BCUT2D eigenvalue weighted by Crippen LogP contribution is 2.27. The Hall–Kier alpha value is -1.59. The highest BCUT2D eigenvalue weighted by atomic mass is 19.4. The molecule has 0 saturated heterocycles. The van der Waals surface area contributed by atoms with Gasteiger partial charge < -0.3 is 5.32 Å². The molecule has 0 aliphatic rings. The van der Waals surface area contributed by atoms with E-state index in [1.807, 2.05) is 0 Å². The summed E-state index contributed by atoms with van der Waals surface area (Å²) in [5.74, 6) is -0.215. The lowest BCUT2D eigenvalue weighted by Crippen LogP contribution is -2.34. The van der Waals surface area contributed by atoms with Crippen LogP contribution in [0.3, 0.4) is 0 Å². The number of rotatable bonds is 2. The van der Waals surface area contributed by atoms with Crippen LogP contribution in [0.1, 0.15) is 32.0 Å². The normalized spacial score (nSPS) is 12.3. The Balaban J connectivity index is 2.73. The molecule has 1 rings (SSSR count). The molecule has 0 aromatic carbocycles. The monoisotopic (exact) mass is 260 g/mol. The number of halogens is 3. The second-order valence-corrected chi connectivity index (χ2v) is 4.98. The first-order valence-corrected chi connectivity index (χ1v) is 5.41. The molecule has 0 aliphatic carbocycles. The van der Waals surface area contributed by atoms with E-state index in [9.17, 15) is 18.0 Å². The molecule has 0 radical (unpaired) electrons. The molecule has 18 heavy (non-hydrogen) atoms. The summed E-state index contributed by atoms with van der Waals surface area (Å²) in [6.45, 7) is 5.25. The van der Waals surface area contributed by atoms with Crippen molar-refractivity contribution in [1.29, 1.82) is 0 Å². The van der Waals surface area contributed by atoms with Gasteiger partial charge in [-0.15, -0.1) is 0 Å². The van der Waals surface area contributed by atoms with E-state index in [0.717, 1.165) is 12.3 Å². The van der Waals surface area contributed by atoms with Crippen LogP contribution in [0.2, 0.25) is 0 Å². The van der Waals surface area contributed by atoms with Gasteiger partial charge in [0, 0.05) is 18.2 Å². The van der Waals surface area contributed by atoms with Crippen molar-refractivity contribution >= 4 is 5.91 Å². The first-order chi connectivity index (χ1) is 8.10.